The summed E-state index contributed by atoms with van der Waals surface area (Å²) >= 11 is 0. The summed E-state index contributed by atoms with van der Waals surface area (Å²) in [6, 6.07) is 3.51. The van der Waals surface area contributed by atoms with Gasteiger partial charge in [-0.3, -0.25) is 9.58 Å². The number of nitrogens with zero attached hydrogens (tertiary/aromatic N) is 5. The van der Waals surface area contributed by atoms with Crippen molar-refractivity contribution in [1.29, 1.82) is 0 Å². The molecule has 4 aliphatic carbocycles. The van der Waals surface area contributed by atoms with E-state index in [2.05, 4.69) is 18.5 Å². The normalized spacial score (nSPS) is 26.1. The monoisotopic (exact) mass is 753 g/mol. The van der Waals surface area contributed by atoms with Crippen LogP contribution in [0.1, 0.15) is 123 Å². The molecule has 13 heteroatoms. The van der Waals surface area contributed by atoms with Gasteiger partial charge >= 0.3 is 18.2 Å². The minimum Gasteiger partial charge on any atom is -0.464 e. The first-order valence-electron chi connectivity index (χ1n) is 19.3. The number of pyridine rings is 1. The zero-order valence-corrected chi connectivity index (χ0v) is 34.5. The fraction of sp³-hybridized carbons (Fsp3) is 0.732. The summed E-state index contributed by atoms with van der Waals surface area (Å²) in [5, 5.41) is 14.5. The molecule has 0 aliphatic heterocycles. The van der Waals surface area contributed by atoms with E-state index in [0.717, 1.165) is 49.9 Å². The quantitative estimate of drug-likeness (QED) is 0.124. The molecule has 2 heterocycles. The third-order valence-corrected chi connectivity index (χ3v) is 11.0. The van der Waals surface area contributed by atoms with Crippen molar-refractivity contribution < 1.29 is 38.4 Å². The molecular weight excluding hydrogens is 690 g/mol. The van der Waals surface area contributed by atoms with Crippen LogP contribution in [0.15, 0.2) is 18.3 Å². The van der Waals surface area contributed by atoms with Gasteiger partial charge in [0.1, 0.15) is 17.0 Å². The summed E-state index contributed by atoms with van der Waals surface area (Å²) in [7, 11) is 2.99. The lowest BCUT2D eigenvalue weighted by Gasteiger charge is -2.69. The van der Waals surface area contributed by atoms with E-state index in [0.29, 0.717) is 31.6 Å². The van der Waals surface area contributed by atoms with Crippen molar-refractivity contribution in [2.45, 2.75) is 137 Å². The second-order valence-corrected chi connectivity index (χ2v) is 19.0. The van der Waals surface area contributed by atoms with Gasteiger partial charge in [-0.2, -0.15) is 5.10 Å². The van der Waals surface area contributed by atoms with Gasteiger partial charge in [0.25, 0.3) is 0 Å². The van der Waals surface area contributed by atoms with Crippen LogP contribution in [0, 0.1) is 23.2 Å². The highest BCUT2D eigenvalue weighted by molar-refractivity contribution is 5.97. The number of anilines is 1. The van der Waals surface area contributed by atoms with Crippen LogP contribution in [-0.4, -0.2) is 100 Å². The zero-order valence-electron chi connectivity index (χ0n) is 34.5. The van der Waals surface area contributed by atoms with E-state index in [1.54, 1.807) is 46.1 Å². The molecule has 4 saturated carbocycles. The van der Waals surface area contributed by atoms with Crippen molar-refractivity contribution in [2.24, 2.45) is 16.2 Å². The maximum absolute atomic E-state index is 13.6. The number of ether oxygens (including phenoxy) is 4. The van der Waals surface area contributed by atoms with E-state index in [1.165, 1.54) is 23.3 Å². The Morgan fingerprint density at radius 3 is 2.07 bits per heavy atom. The van der Waals surface area contributed by atoms with E-state index >= 15 is 0 Å². The number of aromatic nitrogens is 3. The molecule has 4 fully saturated rings. The van der Waals surface area contributed by atoms with Crippen LogP contribution < -0.4 is 4.90 Å². The van der Waals surface area contributed by atoms with Gasteiger partial charge in [0, 0.05) is 43.5 Å². The molecule has 6 rings (SSSR count). The number of amides is 2. The molecule has 0 spiro atoms. The van der Waals surface area contributed by atoms with Crippen LogP contribution in [0.25, 0.3) is 11.1 Å². The van der Waals surface area contributed by atoms with E-state index < -0.39 is 29.4 Å². The highest BCUT2D eigenvalue weighted by Gasteiger charge is 2.66. The zero-order chi connectivity index (χ0) is 39.9. The van der Waals surface area contributed by atoms with Gasteiger partial charge in [0.05, 0.1) is 32.1 Å². The largest absolute Gasteiger partial charge is 0.464 e. The van der Waals surface area contributed by atoms with Crippen molar-refractivity contribution >= 4 is 24.0 Å². The maximum Gasteiger partial charge on any atom is 0.416 e. The number of esters is 1. The van der Waals surface area contributed by atoms with E-state index in [9.17, 15) is 19.5 Å². The van der Waals surface area contributed by atoms with Gasteiger partial charge in [-0.1, -0.05) is 13.8 Å². The lowest BCUT2D eigenvalue weighted by molar-refractivity contribution is -0.250. The minimum atomic E-state index is -0.765. The Morgan fingerprint density at radius 2 is 1.48 bits per heavy atom. The Labute approximate surface area is 321 Å². The third-order valence-electron chi connectivity index (χ3n) is 11.0. The van der Waals surface area contributed by atoms with Gasteiger partial charge in [0.2, 0.25) is 0 Å². The summed E-state index contributed by atoms with van der Waals surface area (Å²) in [6.45, 7) is 19.4. The average Bonchev–Trinajstić information content (AvgIpc) is 3.38. The summed E-state index contributed by atoms with van der Waals surface area (Å²) in [5.41, 5.74) is 1.01. The number of hydrogen-bond donors (Lipinski definition) is 1. The SMILES string of the molecule is COC(=O)c1nc(N(CCCCN(C)C(=O)OC(C)(C)C)C(=O)OC(C)(C)C)ccc1-c1cnn(CC23CC4(C)CC(C)(C2)CC(OCCO)(C4)C3)c1C. The first-order chi connectivity index (χ1) is 25.0. The summed E-state index contributed by atoms with van der Waals surface area (Å²) in [4.78, 5) is 47.1. The van der Waals surface area contributed by atoms with Gasteiger partial charge < -0.3 is 29.0 Å². The number of aliphatic hydroxyl groups excluding tert-OH is 1. The van der Waals surface area contributed by atoms with Crippen molar-refractivity contribution in [2.75, 3.05) is 45.4 Å². The summed E-state index contributed by atoms with van der Waals surface area (Å²) < 4.78 is 25.0. The molecular formula is C41H63N5O8. The lowest BCUT2D eigenvalue weighted by Crippen LogP contribution is -2.64. The second-order valence-electron chi connectivity index (χ2n) is 19.0. The molecule has 13 nitrogen and oxygen atoms in total. The smallest absolute Gasteiger partial charge is 0.416 e. The Morgan fingerprint density at radius 1 is 0.870 bits per heavy atom. The molecule has 2 atom stereocenters. The molecule has 2 aromatic rings. The summed E-state index contributed by atoms with van der Waals surface area (Å²) in [6.07, 6.45) is 8.23. The maximum atomic E-state index is 13.6. The highest BCUT2D eigenvalue weighted by atomic mass is 16.6. The number of hydrogen-bond acceptors (Lipinski definition) is 10. The van der Waals surface area contributed by atoms with Crippen molar-refractivity contribution in [3.05, 3.63) is 29.7 Å². The molecule has 300 valence electrons. The van der Waals surface area contributed by atoms with Crippen LogP contribution in [0.4, 0.5) is 15.4 Å². The Bertz CT molecular complexity index is 1690. The third kappa shape index (κ3) is 9.38. The van der Waals surface area contributed by atoms with Crippen LogP contribution in [-0.2, 0) is 25.5 Å². The van der Waals surface area contributed by atoms with E-state index in [4.69, 9.17) is 29.0 Å². The number of carbonyl (C=O) groups excluding carboxylic acids is 3. The molecule has 54 heavy (non-hydrogen) atoms. The van der Waals surface area contributed by atoms with E-state index in [-0.39, 0.29) is 46.5 Å². The fourth-order valence-corrected chi connectivity index (χ4v) is 10.3. The average molecular weight is 754 g/mol. The van der Waals surface area contributed by atoms with Crippen molar-refractivity contribution in [3.8, 4) is 11.1 Å². The fourth-order valence-electron chi connectivity index (χ4n) is 10.3. The van der Waals surface area contributed by atoms with Gasteiger partial charge in [-0.25, -0.2) is 19.4 Å². The minimum absolute atomic E-state index is 0.00926. The summed E-state index contributed by atoms with van der Waals surface area (Å²) in [5.74, 6) is -0.380. The van der Waals surface area contributed by atoms with Gasteiger partial charge in [-0.15, -0.1) is 0 Å². The van der Waals surface area contributed by atoms with Crippen LogP contribution in [0.2, 0.25) is 0 Å². The number of carbonyl (C=O) groups is 3. The molecule has 0 saturated heterocycles. The Kier molecular flexibility index (Phi) is 11.6. The predicted molar refractivity (Wildman–Crippen MR) is 205 cm³/mol. The number of methoxy groups -OCH3 is 1. The molecule has 1 N–H and O–H groups in total. The number of rotatable bonds is 13. The van der Waals surface area contributed by atoms with Crippen LogP contribution in [0.5, 0.6) is 0 Å². The molecule has 2 aromatic heterocycles. The van der Waals surface area contributed by atoms with Gasteiger partial charge in [0.15, 0.2) is 5.69 Å². The topological polar surface area (TPSA) is 146 Å². The lowest BCUT2D eigenvalue weighted by atomic mass is 9.39. The highest BCUT2D eigenvalue weighted by Crippen LogP contribution is 2.72. The number of unbranched alkanes of at least 4 members (excludes halogenated alkanes) is 1. The first-order valence-corrected chi connectivity index (χ1v) is 19.3. The molecule has 2 amide bonds. The standard InChI is InChI=1S/C41H63N5O8/c1-28-30(20-42-46(28)27-40-22-38(8)21-39(9,23-40)25-41(24-38,26-40)52-19-18-47)29-14-15-31(43-32(29)33(48)51-11)45(35(50)54-37(5,6)7)17-13-12-16-44(10)34(49)53-36(2,3)4/h14-15,20,47H,12-13,16-19,21-27H2,1-11H3. The van der Waals surface area contributed by atoms with Crippen molar-refractivity contribution in [1.82, 2.24) is 19.7 Å². The van der Waals surface area contributed by atoms with E-state index in [1.807, 2.05) is 27.7 Å². The molecule has 0 radical (unpaired) electrons. The Hall–Kier alpha value is -3.71. The molecule has 4 bridgehead atoms. The molecule has 2 unspecified atom stereocenters. The van der Waals surface area contributed by atoms with Crippen LogP contribution in [0.3, 0.4) is 0 Å². The molecule has 4 aliphatic rings. The van der Waals surface area contributed by atoms with Crippen LogP contribution >= 0.6 is 0 Å². The predicted octanol–water partition coefficient (Wildman–Crippen LogP) is 7.56. The second kappa shape index (κ2) is 15.1. The van der Waals surface area contributed by atoms with Gasteiger partial charge in [-0.05, 0) is 128 Å². The number of aliphatic hydroxyl groups is 1. The molecule has 0 aromatic carbocycles. The Balaban J connectivity index is 1.40. The van der Waals surface area contributed by atoms with Crippen molar-refractivity contribution in [3.63, 3.8) is 0 Å². The first kappa shape index (κ1) is 41.5.